The van der Waals surface area contributed by atoms with Gasteiger partial charge in [-0.3, -0.25) is 0 Å². The van der Waals surface area contributed by atoms with Gasteiger partial charge in [0.25, 0.3) is 0 Å². The van der Waals surface area contributed by atoms with Crippen molar-refractivity contribution in [2.45, 2.75) is 0 Å². The minimum absolute atomic E-state index is 0.140. The summed E-state index contributed by atoms with van der Waals surface area (Å²) in [7, 11) is 0. The zero-order valence-electron chi connectivity index (χ0n) is 14.5. The van der Waals surface area contributed by atoms with Crippen molar-refractivity contribution in [3.63, 3.8) is 0 Å². The van der Waals surface area contributed by atoms with Gasteiger partial charge < -0.3 is 9.47 Å². The number of para-hydroxylation sites is 1. The van der Waals surface area contributed by atoms with Crippen molar-refractivity contribution in [1.82, 2.24) is 0 Å². The number of carbonyl (C=O) groups excluding carboxylic acids is 1. The lowest BCUT2D eigenvalue weighted by Gasteiger charge is -2.12. The summed E-state index contributed by atoms with van der Waals surface area (Å²) in [6.07, 6.45) is 0. The Bertz CT molecular complexity index is 1070. The molecule has 4 aromatic carbocycles. The first-order chi connectivity index (χ1) is 13.2. The van der Waals surface area contributed by atoms with Gasteiger partial charge in [0.15, 0.2) is 0 Å². The summed E-state index contributed by atoms with van der Waals surface area (Å²) in [6.45, 7) is 0.375. The van der Waals surface area contributed by atoms with Crippen molar-refractivity contribution in [3.8, 4) is 5.75 Å². The number of carbonyl (C=O) groups is 1. The molecule has 0 unspecified atom stereocenters. The number of benzene rings is 4. The molecule has 0 fully saturated rings. The number of halogens is 1. The largest absolute Gasteiger partial charge is 0.488 e. The van der Waals surface area contributed by atoms with Crippen molar-refractivity contribution in [1.29, 1.82) is 0 Å². The van der Waals surface area contributed by atoms with Gasteiger partial charge in [0.2, 0.25) is 0 Å². The van der Waals surface area contributed by atoms with Gasteiger partial charge in [0.1, 0.15) is 19.0 Å². The maximum atomic E-state index is 12.8. The van der Waals surface area contributed by atoms with Crippen LogP contribution in [0.1, 0.15) is 10.4 Å². The second kappa shape index (κ2) is 7.68. The van der Waals surface area contributed by atoms with Crippen LogP contribution in [-0.4, -0.2) is 19.2 Å². The second-order valence-corrected chi connectivity index (χ2v) is 6.52. The topological polar surface area (TPSA) is 35.5 Å². The van der Waals surface area contributed by atoms with E-state index in [1.807, 2.05) is 60.7 Å². The monoisotopic (exact) mass is 376 g/mol. The van der Waals surface area contributed by atoms with Crippen LogP contribution in [0.3, 0.4) is 0 Å². The van der Waals surface area contributed by atoms with Crippen LogP contribution in [0.5, 0.6) is 5.75 Å². The molecule has 0 radical (unpaired) electrons. The van der Waals surface area contributed by atoms with Crippen LogP contribution in [-0.2, 0) is 4.74 Å². The van der Waals surface area contributed by atoms with Gasteiger partial charge in [-0.05, 0) is 39.7 Å². The van der Waals surface area contributed by atoms with Crippen LogP contribution in [0.15, 0.2) is 78.9 Å². The molecule has 0 bridgehead atoms. The highest BCUT2D eigenvalue weighted by Gasteiger charge is 2.16. The summed E-state index contributed by atoms with van der Waals surface area (Å²) >= 11 is 6.06. The summed E-state index contributed by atoms with van der Waals surface area (Å²) in [6, 6.07) is 25.0. The highest BCUT2D eigenvalue weighted by molar-refractivity contribution is 6.32. The van der Waals surface area contributed by atoms with E-state index in [2.05, 4.69) is 6.07 Å². The zero-order valence-corrected chi connectivity index (χ0v) is 15.3. The van der Waals surface area contributed by atoms with E-state index in [-0.39, 0.29) is 19.2 Å². The van der Waals surface area contributed by atoms with Gasteiger partial charge in [-0.2, -0.15) is 0 Å². The third-order valence-corrected chi connectivity index (χ3v) is 4.70. The van der Waals surface area contributed by atoms with Gasteiger partial charge in [-0.1, -0.05) is 72.3 Å². The lowest BCUT2D eigenvalue weighted by Crippen LogP contribution is -2.13. The molecule has 4 rings (SSSR count). The van der Waals surface area contributed by atoms with Crippen LogP contribution in [0.4, 0.5) is 0 Å². The van der Waals surface area contributed by atoms with Crippen LogP contribution < -0.4 is 4.74 Å². The molecule has 0 atom stereocenters. The molecule has 0 spiro atoms. The molecule has 27 heavy (non-hydrogen) atoms. The maximum absolute atomic E-state index is 12.8. The van der Waals surface area contributed by atoms with Crippen LogP contribution >= 0.6 is 11.6 Å². The molecule has 0 saturated heterocycles. The Morgan fingerprint density at radius 1 is 0.778 bits per heavy atom. The molecular formula is C23H17ClO3. The standard InChI is InChI=1S/C23H17ClO3/c24-20-11-5-6-12-21(20)26-13-14-27-23(25)22-18-9-3-1-7-16(18)15-17-8-2-4-10-19(17)22/h1-12,15H,13-14H2. The third-order valence-electron chi connectivity index (χ3n) is 4.39. The molecule has 0 aliphatic heterocycles. The molecule has 0 saturated carbocycles. The van der Waals surface area contributed by atoms with E-state index in [4.69, 9.17) is 21.1 Å². The lowest BCUT2D eigenvalue weighted by atomic mass is 9.97. The van der Waals surface area contributed by atoms with Gasteiger partial charge >= 0.3 is 5.97 Å². The SMILES string of the molecule is O=C(OCCOc1ccccc1Cl)c1c2ccccc2cc2ccccc12. The molecule has 0 amide bonds. The van der Waals surface area contributed by atoms with Gasteiger partial charge in [0, 0.05) is 0 Å². The van der Waals surface area contributed by atoms with Crippen molar-refractivity contribution < 1.29 is 14.3 Å². The Balaban J connectivity index is 1.56. The Kier molecular flexibility index (Phi) is 4.95. The fourth-order valence-electron chi connectivity index (χ4n) is 3.15. The first-order valence-electron chi connectivity index (χ1n) is 8.69. The molecule has 0 heterocycles. The minimum atomic E-state index is -0.356. The summed E-state index contributed by atoms with van der Waals surface area (Å²) in [5.74, 6) is 0.219. The van der Waals surface area contributed by atoms with Gasteiger partial charge in [-0.25, -0.2) is 4.79 Å². The van der Waals surface area contributed by atoms with E-state index >= 15 is 0 Å². The van der Waals surface area contributed by atoms with Crippen molar-refractivity contribution >= 4 is 39.1 Å². The first-order valence-corrected chi connectivity index (χ1v) is 9.07. The highest BCUT2D eigenvalue weighted by atomic mass is 35.5. The fraction of sp³-hybridized carbons (Fsp3) is 0.0870. The minimum Gasteiger partial charge on any atom is -0.488 e. The average Bonchev–Trinajstić information content (AvgIpc) is 2.70. The number of ether oxygens (including phenoxy) is 2. The molecule has 134 valence electrons. The van der Waals surface area contributed by atoms with Crippen LogP contribution in [0.25, 0.3) is 21.5 Å². The quantitative estimate of drug-likeness (QED) is 0.248. The number of esters is 1. The first kappa shape index (κ1) is 17.4. The zero-order chi connectivity index (χ0) is 18.6. The van der Waals surface area contributed by atoms with E-state index in [1.165, 1.54) is 0 Å². The van der Waals surface area contributed by atoms with Crippen molar-refractivity contribution in [3.05, 3.63) is 89.4 Å². The molecule has 4 heteroatoms. The van der Waals surface area contributed by atoms with Gasteiger partial charge in [0.05, 0.1) is 10.6 Å². The smallest absolute Gasteiger partial charge is 0.339 e. The molecule has 0 aliphatic rings. The van der Waals surface area contributed by atoms with E-state index in [1.54, 1.807) is 12.1 Å². The molecule has 4 aromatic rings. The Hall–Kier alpha value is -3.04. The summed E-state index contributed by atoms with van der Waals surface area (Å²) in [4.78, 5) is 12.8. The normalized spacial score (nSPS) is 10.9. The number of hydrogen-bond acceptors (Lipinski definition) is 3. The maximum Gasteiger partial charge on any atom is 0.339 e. The van der Waals surface area contributed by atoms with E-state index in [0.29, 0.717) is 16.3 Å². The second-order valence-electron chi connectivity index (χ2n) is 6.11. The molecular weight excluding hydrogens is 360 g/mol. The molecule has 0 aromatic heterocycles. The highest BCUT2D eigenvalue weighted by Crippen LogP contribution is 2.29. The lowest BCUT2D eigenvalue weighted by molar-refractivity contribution is 0.0455. The fourth-order valence-corrected chi connectivity index (χ4v) is 3.34. The Morgan fingerprint density at radius 3 is 2.04 bits per heavy atom. The van der Waals surface area contributed by atoms with Gasteiger partial charge in [-0.15, -0.1) is 0 Å². The van der Waals surface area contributed by atoms with E-state index in [9.17, 15) is 4.79 Å². The third kappa shape index (κ3) is 3.60. The molecule has 0 N–H and O–H groups in total. The van der Waals surface area contributed by atoms with E-state index in [0.717, 1.165) is 21.5 Å². The molecule has 0 aliphatic carbocycles. The van der Waals surface area contributed by atoms with Crippen molar-refractivity contribution in [2.75, 3.05) is 13.2 Å². The van der Waals surface area contributed by atoms with Crippen LogP contribution in [0, 0.1) is 0 Å². The average molecular weight is 377 g/mol. The number of fused-ring (bicyclic) bond motifs is 2. The Morgan fingerprint density at radius 2 is 1.37 bits per heavy atom. The van der Waals surface area contributed by atoms with Crippen molar-refractivity contribution in [2.24, 2.45) is 0 Å². The summed E-state index contributed by atoms with van der Waals surface area (Å²) < 4.78 is 11.1. The Labute approximate surface area is 162 Å². The summed E-state index contributed by atoms with van der Waals surface area (Å²) in [5, 5.41) is 4.32. The molecule has 3 nitrogen and oxygen atoms in total. The predicted octanol–water partition coefficient (Wildman–Crippen LogP) is 5.88. The van der Waals surface area contributed by atoms with E-state index < -0.39 is 0 Å². The summed E-state index contributed by atoms with van der Waals surface area (Å²) in [5.41, 5.74) is 0.585. The predicted molar refractivity (Wildman–Crippen MR) is 109 cm³/mol. The number of rotatable bonds is 5. The van der Waals surface area contributed by atoms with Crippen LogP contribution in [0.2, 0.25) is 5.02 Å². The number of hydrogen-bond donors (Lipinski definition) is 0.